The molecule has 0 saturated carbocycles. The molecule has 0 aromatic heterocycles. The normalized spacial score (nSPS) is 9.77. The number of ketones is 1. The molecule has 0 fully saturated rings. The predicted octanol–water partition coefficient (Wildman–Crippen LogP) is 2.43. The highest BCUT2D eigenvalue weighted by Crippen LogP contribution is 2.20. The van der Waals surface area contributed by atoms with Gasteiger partial charge in [0.1, 0.15) is 0 Å². The van der Waals surface area contributed by atoms with Crippen molar-refractivity contribution < 1.29 is 13.9 Å². The molecular weight excluding hydrogens is 171 g/mol. The highest BCUT2D eigenvalue weighted by atomic mass is 19.1. The Morgan fingerprint density at radius 3 is 2.77 bits per heavy atom. The summed E-state index contributed by atoms with van der Waals surface area (Å²) in [6.45, 7) is 1.70. The topological polar surface area (TPSA) is 26.3 Å². The summed E-state index contributed by atoms with van der Waals surface area (Å²) in [4.78, 5) is 11.2. The zero-order valence-electron chi connectivity index (χ0n) is 7.63. The van der Waals surface area contributed by atoms with Gasteiger partial charge in [-0.05, 0) is 12.1 Å². The third-order valence-electron chi connectivity index (χ3n) is 1.80. The van der Waals surface area contributed by atoms with Crippen molar-refractivity contribution in [2.75, 3.05) is 7.11 Å². The van der Waals surface area contributed by atoms with Crippen LogP contribution in [0.1, 0.15) is 23.7 Å². The Morgan fingerprint density at radius 2 is 2.23 bits per heavy atom. The number of methoxy groups -OCH3 is 1. The number of benzene rings is 1. The lowest BCUT2D eigenvalue weighted by molar-refractivity contribution is 0.0983. The van der Waals surface area contributed by atoms with E-state index in [0.29, 0.717) is 6.42 Å². The number of Topliss-reactive ketones (excluding diaryl/α,β-unsaturated/α-hetero) is 1. The van der Waals surface area contributed by atoms with Crippen LogP contribution in [0.4, 0.5) is 4.39 Å². The molecule has 0 aliphatic carbocycles. The first-order valence-electron chi connectivity index (χ1n) is 4.06. The van der Waals surface area contributed by atoms with E-state index in [4.69, 9.17) is 4.74 Å². The zero-order valence-corrected chi connectivity index (χ0v) is 7.63. The fraction of sp³-hybridized carbons (Fsp3) is 0.300. The van der Waals surface area contributed by atoms with Crippen LogP contribution in [-0.2, 0) is 0 Å². The van der Waals surface area contributed by atoms with E-state index in [1.54, 1.807) is 13.0 Å². The molecule has 0 atom stereocenters. The fourth-order valence-corrected chi connectivity index (χ4v) is 1.07. The number of halogens is 1. The van der Waals surface area contributed by atoms with Crippen molar-refractivity contribution in [1.29, 1.82) is 0 Å². The molecule has 0 saturated heterocycles. The number of hydrogen-bond donors (Lipinski definition) is 0. The maximum Gasteiger partial charge on any atom is 0.175 e. The number of rotatable bonds is 3. The van der Waals surface area contributed by atoms with Gasteiger partial charge in [-0.3, -0.25) is 4.79 Å². The second kappa shape index (κ2) is 4.03. The Balaban J connectivity index is 3.15. The van der Waals surface area contributed by atoms with Crippen LogP contribution in [0.25, 0.3) is 0 Å². The highest BCUT2D eigenvalue weighted by Gasteiger charge is 2.13. The van der Waals surface area contributed by atoms with Crippen LogP contribution >= 0.6 is 0 Å². The number of ether oxygens (including phenoxy) is 1. The summed E-state index contributed by atoms with van der Waals surface area (Å²) in [5, 5.41) is 0. The van der Waals surface area contributed by atoms with E-state index in [0.717, 1.165) is 0 Å². The molecule has 1 aromatic rings. The van der Waals surface area contributed by atoms with Crippen LogP contribution in [0.3, 0.4) is 0 Å². The minimum Gasteiger partial charge on any atom is -0.494 e. The second-order valence-electron chi connectivity index (χ2n) is 2.60. The summed E-state index contributed by atoms with van der Waals surface area (Å²) >= 11 is 0. The van der Waals surface area contributed by atoms with Crippen LogP contribution in [0, 0.1) is 5.82 Å². The number of hydrogen-bond acceptors (Lipinski definition) is 2. The van der Waals surface area contributed by atoms with Gasteiger partial charge in [0.25, 0.3) is 0 Å². The highest BCUT2D eigenvalue weighted by molar-refractivity contribution is 5.96. The van der Waals surface area contributed by atoms with Crippen molar-refractivity contribution >= 4 is 5.78 Å². The van der Waals surface area contributed by atoms with E-state index in [-0.39, 0.29) is 17.1 Å². The van der Waals surface area contributed by atoms with Crippen LogP contribution < -0.4 is 4.74 Å². The van der Waals surface area contributed by atoms with E-state index >= 15 is 0 Å². The maximum atomic E-state index is 13.4. The molecule has 3 heteroatoms. The Hall–Kier alpha value is -1.38. The van der Waals surface area contributed by atoms with Crippen molar-refractivity contribution in [1.82, 2.24) is 0 Å². The zero-order chi connectivity index (χ0) is 9.84. The minimum absolute atomic E-state index is 0.0989. The molecule has 0 heterocycles. The molecule has 0 N–H and O–H groups in total. The van der Waals surface area contributed by atoms with E-state index in [1.165, 1.54) is 19.2 Å². The van der Waals surface area contributed by atoms with Crippen LogP contribution in [0.15, 0.2) is 18.2 Å². The average molecular weight is 182 g/mol. The lowest BCUT2D eigenvalue weighted by Gasteiger charge is -2.04. The quantitative estimate of drug-likeness (QED) is 0.671. The molecule has 0 aliphatic heterocycles. The molecule has 0 radical (unpaired) electrons. The molecule has 0 spiro atoms. The van der Waals surface area contributed by atoms with Crippen molar-refractivity contribution in [2.45, 2.75) is 13.3 Å². The van der Waals surface area contributed by atoms with Gasteiger partial charge in [-0.15, -0.1) is 0 Å². The van der Waals surface area contributed by atoms with Gasteiger partial charge < -0.3 is 4.74 Å². The van der Waals surface area contributed by atoms with Gasteiger partial charge in [0.15, 0.2) is 17.3 Å². The van der Waals surface area contributed by atoms with Crippen molar-refractivity contribution in [3.63, 3.8) is 0 Å². The van der Waals surface area contributed by atoms with Gasteiger partial charge in [0.05, 0.1) is 12.7 Å². The summed E-state index contributed by atoms with van der Waals surface area (Å²) in [6, 6.07) is 4.55. The van der Waals surface area contributed by atoms with Gasteiger partial charge in [0.2, 0.25) is 0 Å². The number of carbonyl (C=O) groups is 1. The first-order valence-corrected chi connectivity index (χ1v) is 4.06. The summed E-state index contributed by atoms with van der Waals surface area (Å²) in [5.41, 5.74) is 0.0989. The summed E-state index contributed by atoms with van der Waals surface area (Å²) in [6.07, 6.45) is 0.296. The Labute approximate surface area is 76.3 Å². The third-order valence-corrected chi connectivity index (χ3v) is 1.80. The lowest BCUT2D eigenvalue weighted by atomic mass is 10.1. The van der Waals surface area contributed by atoms with Crippen molar-refractivity contribution in [3.8, 4) is 5.75 Å². The van der Waals surface area contributed by atoms with E-state index in [2.05, 4.69) is 0 Å². The van der Waals surface area contributed by atoms with Crippen LogP contribution in [0.2, 0.25) is 0 Å². The SMILES string of the molecule is CCC(=O)c1cccc(OC)c1F. The van der Waals surface area contributed by atoms with E-state index in [1.807, 2.05) is 0 Å². The van der Waals surface area contributed by atoms with Crippen molar-refractivity contribution in [3.05, 3.63) is 29.6 Å². The first-order chi connectivity index (χ1) is 6.20. The molecule has 0 unspecified atom stereocenters. The fourth-order valence-electron chi connectivity index (χ4n) is 1.07. The predicted molar refractivity (Wildman–Crippen MR) is 47.6 cm³/mol. The smallest absolute Gasteiger partial charge is 0.175 e. The van der Waals surface area contributed by atoms with Gasteiger partial charge in [-0.25, -0.2) is 4.39 Å². The summed E-state index contributed by atoms with van der Waals surface area (Å²) in [5.74, 6) is -0.674. The molecule has 0 bridgehead atoms. The van der Waals surface area contributed by atoms with Gasteiger partial charge >= 0.3 is 0 Å². The van der Waals surface area contributed by atoms with E-state index < -0.39 is 5.82 Å². The lowest BCUT2D eigenvalue weighted by Crippen LogP contribution is -2.01. The van der Waals surface area contributed by atoms with Gasteiger partial charge in [-0.1, -0.05) is 13.0 Å². The maximum absolute atomic E-state index is 13.4. The Kier molecular flexibility index (Phi) is 3.01. The molecule has 1 rings (SSSR count). The van der Waals surface area contributed by atoms with Gasteiger partial charge in [0, 0.05) is 6.42 Å². The first kappa shape index (κ1) is 9.71. The molecule has 0 amide bonds. The molecule has 0 aliphatic rings. The molecular formula is C10H11FO2. The molecule has 13 heavy (non-hydrogen) atoms. The van der Waals surface area contributed by atoms with E-state index in [9.17, 15) is 9.18 Å². The second-order valence-corrected chi connectivity index (χ2v) is 2.60. The third kappa shape index (κ3) is 1.86. The van der Waals surface area contributed by atoms with Gasteiger partial charge in [-0.2, -0.15) is 0 Å². The molecule has 1 aromatic carbocycles. The Morgan fingerprint density at radius 1 is 1.54 bits per heavy atom. The number of carbonyl (C=O) groups excluding carboxylic acids is 1. The Bertz CT molecular complexity index is 321. The molecule has 2 nitrogen and oxygen atoms in total. The molecule has 70 valence electrons. The summed E-state index contributed by atoms with van der Waals surface area (Å²) < 4.78 is 18.1. The van der Waals surface area contributed by atoms with Crippen molar-refractivity contribution in [2.24, 2.45) is 0 Å². The standard InChI is InChI=1S/C10H11FO2/c1-3-8(12)7-5-4-6-9(13-2)10(7)11/h4-6H,3H2,1-2H3. The summed E-state index contributed by atoms with van der Waals surface area (Å²) in [7, 11) is 1.37. The average Bonchev–Trinajstić information content (AvgIpc) is 2.17. The largest absolute Gasteiger partial charge is 0.494 e. The van der Waals surface area contributed by atoms with Crippen LogP contribution in [0.5, 0.6) is 5.75 Å². The van der Waals surface area contributed by atoms with Crippen LogP contribution in [-0.4, -0.2) is 12.9 Å². The minimum atomic E-state index is -0.572. The monoisotopic (exact) mass is 182 g/mol.